The van der Waals surface area contributed by atoms with Crippen LogP contribution in [-0.4, -0.2) is 22.6 Å². The van der Waals surface area contributed by atoms with Gasteiger partial charge in [-0.05, 0) is 49.4 Å². The van der Waals surface area contributed by atoms with Crippen LogP contribution in [0.1, 0.15) is 31.9 Å². The molecule has 28 heavy (non-hydrogen) atoms. The largest absolute Gasteiger partial charge is 0.368 e. The minimum atomic E-state index is -3.77. The quantitative estimate of drug-likeness (QED) is 0.617. The summed E-state index contributed by atoms with van der Waals surface area (Å²) < 4.78 is 54.6. The molecule has 2 N–H and O–H groups in total. The van der Waals surface area contributed by atoms with Crippen molar-refractivity contribution < 1.29 is 17.2 Å². The fourth-order valence-electron chi connectivity index (χ4n) is 2.96. The molecular weight excluding hydrogens is 404 g/mol. The number of rotatable bonds is 4. The number of thiol groups is 1. The number of benzene rings is 2. The maximum atomic E-state index is 14.4. The van der Waals surface area contributed by atoms with E-state index in [0.29, 0.717) is 21.6 Å². The smallest absolute Gasteiger partial charge is 0.244 e. The second-order valence-electron chi connectivity index (χ2n) is 6.59. The monoisotopic (exact) mass is 423 g/mol. The zero-order valence-corrected chi connectivity index (χ0v) is 17.2. The summed E-state index contributed by atoms with van der Waals surface area (Å²) in [7, 11) is -3.77. The zero-order chi connectivity index (χ0) is 20.8. The molecule has 0 bridgehead atoms. The molecule has 0 aliphatic heterocycles. The van der Waals surface area contributed by atoms with Crippen LogP contribution in [0.5, 0.6) is 0 Å². The Hall–Kier alpha value is -2.39. The number of hydrogen-bond acceptors (Lipinski definition) is 5. The van der Waals surface area contributed by atoms with Gasteiger partial charge in [0.05, 0.1) is 16.3 Å². The summed E-state index contributed by atoms with van der Waals surface area (Å²) in [5.74, 6) is -2.15. The number of hydrogen-bond donors (Lipinski definition) is 2. The normalized spacial score (nSPS) is 13.2. The molecule has 3 aromatic rings. The molecule has 0 saturated carbocycles. The number of fused-ring (bicyclic) bond motifs is 1. The van der Waals surface area contributed by atoms with Gasteiger partial charge in [-0.3, -0.25) is 0 Å². The molecule has 148 valence electrons. The van der Waals surface area contributed by atoms with Gasteiger partial charge in [0.1, 0.15) is 0 Å². The number of nitrogens with zero attached hydrogens (tertiary/aromatic N) is 2. The van der Waals surface area contributed by atoms with Crippen molar-refractivity contribution >= 4 is 45.2 Å². The van der Waals surface area contributed by atoms with Gasteiger partial charge in [0.25, 0.3) is 0 Å². The Morgan fingerprint density at radius 1 is 1.21 bits per heavy atom. The summed E-state index contributed by atoms with van der Waals surface area (Å²) in [5, 5.41) is -0.724. The van der Waals surface area contributed by atoms with Crippen molar-refractivity contribution in [3.63, 3.8) is 0 Å². The predicted molar refractivity (Wildman–Crippen MR) is 111 cm³/mol. The van der Waals surface area contributed by atoms with Gasteiger partial charge in [0.2, 0.25) is 16.0 Å². The number of nitrogen functional groups attached to an aromatic ring is 1. The Labute approximate surface area is 167 Å². The first kappa shape index (κ1) is 20.3. The highest BCUT2D eigenvalue weighted by Gasteiger charge is 2.25. The number of anilines is 1. The van der Waals surface area contributed by atoms with E-state index >= 15 is 0 Å². The molecule has 1 heterocycles. The molecule has 0 spiro atoms. The van der Waals surface area contributed by atoms with Crippen molar-refractivity contribution in [3.8, 4) is 0 Å². The van der Waals surface area contributed by atoms with Crippen LogP contribution in [0.2, 0.25) is 0 Å². The molecule has 3 rings (SSSR count). The third-order valence-electron chi connectivity index (χ3n) is 4.36. The highest BCUT2D eigenvalue weighted by molar-refractivity contribution is 7.90. The molecule has 0 aliphatic carbocycles. The fraction of sp³-hybridized carbons (Fsp3) is 0.211. The fourth-order valence-corrected chi connectivity index (χ4v) is 4.36. The van der Waals surface area contributed by atoms with Gasteiger partial charge in [0, 0.05) is 11.1 Å². The second kappa shape index (κ2) is 7.21. The maximum Gasteiger partial charge on any atom is 0.244 e. The molecular formula is C19H19F2N3O2S2. The minimum absolute atomic E-state index is 0.0256. The molecule has 1 aromatic heterocycles. The van der Waals surface area contributed by atoms with E-state index in [9.17, 15) is 17.2 Å². The molecule has 0 amide bonds. The van der Waals surface area contributed by atoms with Crippen molar-refractivity contribution in [2.45, 2.75) is 26.0 Å². The Kier molecular flexibility index (Phi) is 5.24. The van der Waals surface area contributed by atoms with Crippen LogP contribution in [0, 0.1) is 11.6 Å². The van der Waals surface area contributed by atoms with Crippen molar-refractivity contribution in [2.24, 2.45) is 0 Å². The van der Waals surface area contributed by atoms with Crippen molar-refractivity contribution in [1.82, 2.24) is 8.96 Å². The molecule has 0 fully saturated rings. The van der Waals surface area contributed by atoms with E-state index in [-0.39, 0.29) is 17.0 Å². The molecule has 2 aromatic carbocycles. The third kappa shape index (κ3) is 3.29. The van der Waals surface area contributed by atoms with E-state index < -0.39 is 26.9 Å². The highest BCUT2D eigenvalue weighted by Crippen LogP contribution is 2.33. The van der Waals surface area contributed by atoms with E-state index in [2.05, 4.69) is 17.6 Å². The number of halogens is 2. The average Bonchev–Trinajstić information content (AvgIpc) is 2.94. The van der Waals surface area contributed by atoms with Crippen molar-refractivity contribution in [2.75, 3.05) is 5.73 Å². The van der Waals surface area contributed by atoms with Gasteiger partial charge < -0.3 is 5.73 Å². The second-order valence-corrected chi connectivity index (χ2v) is 9.60. The number of allylic oxidation sites excluding steroid dienone is 1. The highest BCUT2D eigenvalue weighted by atomic mass is 32.2. The van der Waals surface area contributed by atoms with E-state index in [1.807, 2.05) is 0 Å². The minimum Gasteiger partial charge on any atom is -0.368 e. The first-order chi connectivity index (χ1) is 13.1. The maximum absolute atomic E-state index is 14.4. The average molecular weight is 424 g/mol. The standard InChI is InChI=1S/C19H19F2N3O2S2/c1-10(2)28(25,26)24-16-9-12(7-8-15(16)23-19(24)22)17(11(3)27)13-5-4-6-14(20)18(13)21/h4-10,27H,1-3H3,(H2,22,23)/b17-11-. The number of imidazole rings is 1. The van der Waals surface area contributed by atoms with E-state index in [0.717, 1.165) is 10.0 Å². The summed E-state index contributed by atoms with van der Waals surface area (Å²) in [6, 6.07) is 8.63. The third-order valence-corrected chi connectivity index (χ3v) is 6.67. The Balaban J connectivity index is 2.32. The van der Waals surface area contributed by atoms with Gasteiger partial charge in [-0.25, -0.2) is 26.2 Å². The molecule has 5 nitrogen and oxygen atoms in total. The van der Waals surface area contributed by atoms with E-state index in [1.54, 1.807) is 19.1 Å². The van der Waals surface area contributed by atoms with Crippen molar-refractivity contribution in [1.29, 1.82) is 0 Å². The molecule has 0 unspecified atom stereocenters. The van der Waals surface area contributed by atoms with Gasteiger partial charge >= 0.3 is 0 Å². The lowest BCUT2D eigenvalue weighted by Crippen LogP contribution is -2.23. The van der Waals surface area contributed by atoms with Gasteiger partial charge in [-0.1, -0.05) is 18.2 Å². The van der Waals surface area contributed by atoms with Gasteiger partial charge in [0.15, 0.2) is 11.6 Å². The Morgan fingerprint density at radius 3 is 2.50 bits per heavy atom. The first-order valence-electron chi connectivity index (χ1n) is 8.42. The van der Waals surface area contributed by atoms with Crippen LogP contribution in [0.3, 0.4) is 0 Å². The summed E-state index contributed by atoms with van der Waals surface area (Å²) in [5.41, 5.74) is 7.32. The first-order valence-corrected chi connectivity index (χ1v) is 10.4. The van der Waals surface area contributed by atoms with Crippen LogP contribution < -0.4 is 5.73 Å². The number of aromatic nitrogens is 2. The van der Waals surface area contributed by atoms with Crippen LogP contribution >= 0.6 is 12.6 Å². The molecule has 0 radical (unpaired) electrons. The molecule has 0 atom stereocenters. The Bertz CT molecular complexity index is 1210. The lowest BCUT2D eigenvalue weighted by atomic mass is 9.96. The summed E-state index contributed by atoms with van der Waals surface area (Å²) in [6.45, 7) is 4.72. The van der Waals surface area contributed by atoms with Gasteiger partial charge in [-0.15, -0.1) is 12.6 Å². The van der Waals surface area contributed by atoms with Gasteiger partial charge in [-0.2, -0.15) is 0 Å². The van der Waals surface area contributed by atoms with Crippen LogP contribution in [0.4, 0.5) is 14.7 Å². The van der Waals surface area contributed by atoms with E-state index in [1.165, 1.54) is 32.0 Å². The molecule has 0 saturated heterocycles. The topological polar surface area (TPSA) is 78.0 Å². The van der Waals surface area contributed by atoms with Crippen LogP contribution in [0.25, 0.3) is 16.6 Å². The van der Waals surface area contributed by atoms with Crippen molar-refractivity contribution in [3.05, 3.63) is 64.1 Å². The molecule has 9 heteroatoms. The lowest BCUT2D eigenvalue weighted by Gasteiger charge is -2.14. The summed E-state index contributed by atoms with van der Waals surface area (Å²) >= 11 is 4.34. The summed E-state index contributed by atoms with van der Waals surface area (Å²) in [6.07, 6.45) is 0. The zero-order valence-electron chi connectivity index (χ0n) is 15.4. The number of nitrogens with two attached hydrogens (primary N) is 1. The van der Waals surface area contributed by atoms with E-state index in [4.69, 9.17) is 5.73 Å². The summed E-state index contributed by atoms with van der Waals surface area (Å²) in [4.78, 5) is 4.54. The van der Waals surface area contributed by atoms with Crippen LogP contribution in [0.15, 0.2) is 41.3 Å². The molecule has 0 aliphatic rings. The van der Waals surface area contributed by atoms with Crippen LogP contribution in [-0.2, 0) is 10.0 Å². The SMILES string of the molecule is C/C(S)=C(\c1ccc2nc(N)n(S(=O)(=O)C(C)C)c2c1)c1cccc(F)c1F. The Morgan fingerprint density at radius 2 is 1.89 bits per heavy atom. The predicted octanol–water partition coefficient (Wildman–Crippen LogP) is 4.19. The lowest BCUT2D eigenvalue weighted by molar-refractivity contribution is 0.506.